The molecule has 0 spiro atoms. The van der Waals surface area contributed by atoms with Crippen molar-refractivity contribution in [3.8, 4) is 0 Å². The smallest absolute Gasteiger partial charge is 0.189 e. The zero-order valence-corrected chi connectivity index (χ0v) is 12.2. The summed E-state index contributed by atoms with van der Waals surface area (Å²) in [5.41, 5.74) is -1.27. The lowest BCUT2D eigenvalue weighted by atomic mass is 9.94. The van der Waals surface area contributed by atoms with Crippen LogP contribution >= 0.6 is 0 Å². The molecule has 3 aliphatic rings. The molecular formula is C13H22O7. The van der Waals surface area contributed by atoms with Crippen LogP contribution in [0.5, 0.6) is 0 Å². The molecule has 0 aromatic carbocycles. The van der Waals surface area contributed by atoms with Gasteiger partial charge in [0, 0.05) is 0 Å². The lowest BCUT2D eigenvalue weighted by Crippen LogP contribution is -2.51. The summed E-state index contributed by atoms with van der Waals surface area (Å²) in [5.74, 6) is -1.59. The summed E-state index contributed by atoms with van der Waals surface area (Å²) in [6.07, 6.45) is -2.81. The maximum atomic E-state index is 10.2. The highest BCUT2D eigenvalue weighted by molar-refractivity contribution is 5.09. The molecule has 0 radical (unpaired) electrons. The largest absolute Gasteiger partial charge is 0.393 e. The first kappa shape index (κ1) is 14.6. The predicted octanol–water partition coefficient (Wildman–Crippen LogP) is -0.262. The highest BCUT2D eigenvalue weighted by Gasteiger charge is 2.68. The summed E-state index contributed by atoms with van der Waals surface area (Å²) in [6.45, 7) is 7.05. The number of aliphatic hydroxyl groups is 2. The Bertz CT molecular complexity index is 396. The van der Waals surface area contributed by atoms with E-state index in [1.54, 1.807) is 13.8 Å². The first-order chi connectivity index (χ1) is 9.19. The van der Waals surface area contributed by atoms with E-state index in [4.69, 9.17) is 23.7 Å². The molecule has 3 heterocycles. The third-order valence-corrected chi connectivity index (χ3v) is 3.97. The molecule has 3 rings (SSSR count). The molecular weight excluding hydrogens is 268 g/mol. The van der Waals surface area contributed by atoms with Gasteiger partial charge >= 0.3 is 0 Å². The minimum Gasteiger partial charge on any atom is -0.393 e. The van der Waals surface area contributed by atoms with Gasteiger partial charge in [0.05, 0.1) is 13.2 Å². The van der Waals surface area contributed by atoms with E-state index in [1.807, 2.05) is 13.8 Å². The van der Waals surface area contributed by atoms with Gasteiger partial charge in [0.2, 0.25) is 0 Å². The average Bonchev–Trinajstić information content (AvgIpc) is 2.90. The highest BCUT2D eigenvalue weighted by atomic mass is 16.8. The van der Waals surface area contributed by atoms with Crippen LogP contribution in [0.3, 0.4) is 0 Å². The Morgan fingerprint density at radius 1 is 1.10 bits per heavy atom. The van der Waals surface area contributed by atoms with E-state index >= 15 is 0 Å². The van der Waals surface area contributed by atoms with Crippen LogP contribution in [0.15, 0.2) is 0 Å². The number of fused-ring (bicyclic) bond motifs is 1. The summed E-state index contributed by atoms with van der Waals surface area (Å²) in [6, 6.07) is 0. The molecule has 7 nitrogen and oxygen atoms in total. The fourth-order valence-corrected chi connectivity index (χ4v) is 3.18. The van der Waals surface area contributed by atoms with Crippen molar-refractivity contribution < 1.29 is 33.9 Å². The van der Waals surface area contributed by atoms with E-state index in [9.17, 15) is 10.2 Å². The summed E-state index contributed by atoms with van der Waals surface area (Å²) in [5, 5.41) is 19.8. The molecule has 0 aromatic rings. The van der Waals surface area contributed by atoms with Gasteiger partial charge < -0.3 is 33.9 Å². The zero-order valence-electron chi connectivity index (χ0n) is 12.2. The van der Waals surface area contributed by atoms with Gasteiger partial charge in [0.1, 0.15) is 18.3 Å². The minimum atomic E-state index is -1.27. The van der Waals surface area contributed by atoms with E-state index < -0.39 is 42.3 Å². The first-order valence-electron chi connectivity index (χ1n) is 6.83. The average molecular weight is 290 g/mol. The highest BCUT2D eigenvalue weighted by Crippen LogP contribution is 2.48. The molecule has 116 valence electrons. The van der Waals surface area contributed by atoms with Crippen molar-refractivity contribution in [2.75, 3.05) is 13.2 Å². The molecule has 20 heavy (non-hydrogen) atoms. The van der Waals surface area contributed by atoms with E-state index in [-0.39, 0.29) is 6.10 Å². The fourth-order valence-electron chi connectivity index (χ4n) is 3.18. The molecule has 3 aliphatic heterocycles. The molecule has 0 unspecified atom stereocenters. The molecule has 0 bridgehead atoms. The van der Waals surface area contributed by atoms with Crippen molar-refractivity contribution in [1.82, 2.24) is 0 Å². The topological polar surface area (TPSA) is 86.6 Å². The second-order valence-electron chi connectivity index (χ2n) is 6.47. The van der Waals surface area contributed by atoms with Crippen LogP contribution < -0.4 is 0 Å². The SMILES string of the molecule is CC1(C)OC[C@H]([C@H]2O[C@@H](O)[C@]3(CO)OC(C)(C)O[C@H]23)O1. The van der Waals surface area contributed by atoms with Crippen LogP contribution in [0.2, 0.25) is 0 Å². The maximum Gasteiger partial charge on any atom is 0.189 e. The molecule has 0 aromatic heterocycles. The quantitative estimate of drug-likeness (QED) is 0.724. The molecule has 0 saturated carbocycles. The van der Waals surface area contributed by atoms with Crippen LogP contribution in [-0.4, -0.2) is 65.2 Å². The van der Waals surface area contributed by atoms with Crippen molar-refractivity contribution >= 4 is 0 Å². The molecule has 0 aliphatic carbocycles. The van der Waals surface area contributed by atoms with Crippen LogP contribution in [0.25, 0.3) is 0 Å². The normalized spacial score (nSPS) is 49.5. The van der Waals surface area contributed by atoms with Crippen molar-refractivity contribution in [1.29, 1.82) is 0 Å². The number of ether oxygens (including phenoxy) is 5. The summed E-state index contributed by atoms with van der Waals surface area (Å²) >= 11 is 0. The molecule has 2 N–H and O–H groups in total. The third kappa shape index (κ3) is 2.09. The number of rotatable bonds is 2. The number of hydrogen-bond donors (Lipinski definition) is 2. The standard InChI is InChI=1S/C13H22O7/c1-11(2)16-5-7(18-11)8-9-13(6-14,10(15)17-8)20-12(3,4)19-9/h7-10,14-15H,5-6H2,1-4H3/t7-,8-,9-,10-,13-/m1/s1. The van der Waals surface area contributed by atoms with E-state index in [0.717, 1.165) is 0 Å². The van der Waals surface area contributed by atoms with E-state index in [1.165, 1.54) is 0 Å². The van der Waals surface area contributed by atoms with Gasteiger partial charge in [-0.1, -0.05) is 0 Å². The van der Waals surface area contributed by atoms with Gasteiger partial charge in [-0.15, -0.1) is 0 Å². The van der Waals surface area contributed by atoms with Crippen molar-refractivity contribution in [2.24, 2.45) is 0 Å². The Morgan fingerprint density at radius 3 is 2.35 bits per heavy atom. The minimum absolute atomic E-state index is 0.339. The van der Waals surface area contributed by atoms with Gasteiger partial charge in [-0.3, -0.25) is 0 Å². The third-order valence-electron chi connectivity index (χ3n) is 3.97. The Balaban J connectivity index is 1.85. The summed E-state index contributed by atoms with van der Waals surface area (Å²) in [4.78, 5) is 0. The summed E-state index contributed by atoms with van der Waals surface area (Å²) in [7, 11) is 0. The van der Waals surface area contributed by atoms with Crippen molar-refractivity contribution in [2.45, 2.75) is 69.5 Å². The Hall–Kier alpha value is -0.280. The van der Waals surface area contributed by atoms with Gasteiger partial charge in [0.25, 0.3) is 0 Å². The second-order valence-corrected chi connectivity index (χ2v) is 6.47. The fraction of sp³-hybridized carbons (Fsp3) is 1.00. The second kappa shape index (κ2) is 4.36. The van der Waals surface area contributed by atoms with E-state index in [0.29, 0.717) is 6.61 Å². The van der Waals surface area contributed by atoms with Crippen LogP contribution in [0.1, 0.15) is 27.7 Å². The molecule has 5 atom stereocenters. The van der Waals surface area contributed by atoms with Crippen LogP contribution in [0.4, 0.5) is 0 Å². The predicted molar refractivity (Wildman–Crippen MR) is 65.6 cm³/mol. The van der Waals surface area contributed by atoms with Crippen LogP contribution in [0, 0.1) is 0 Å². The Labute approximate surface area is 117 Å². The summed E-state index contributed by atoms with van der Waals surface area (Å²) < 4.78 is 28.4. The van der Waals surface area contributed by atoms with Crippen molar-refractivity contribution in [3.63, 3.8) is 0 Å². The van der Waals surface area contributed by atoms with Gasteiger partial charge in [-0.2, -0.15) is 0 Å². The molecule has 3 fully saturated rings. The Kier molecular flexibility index (Phi) is 3.19. The van der Waals surface area contributed by atoms with E-state index in [2.05, 4.69) is 0 Å². The van der Waals surface area contributed by atoms with Gasteiger partial charge in [0.15, 0.2) is 23.5 Å². The lowest BCUT2D eigenvalue weighted by molar-refractivity contribution is -0.261. The molecule has 3 saturated heterocycles. The monoisotopic (exact) mass is 290 g/mol. The number of aliphatic hydroxyl groups excluding tert-OH is 2. The number of hydrogen-bond acceptors (Lipinski definition) is 7. The first-order valence-corrected chi connectivity index (χ1v) is 6.83. The molecule has 0 amide bonds. The molecule has 7 heteroatoms. The zero-order chi connectivity index (χ0) is 14.8. The van der Waals surface area contributed by atoms with Crippen LogP contribution in [-0.2, 0) is 23.7 Å². The van der Waals surface area contributed by atoms with Gasteiger partial charge in [-0.25, -0.2) is 0 Å². The Morgan fingerprint density at radius 2 is 1.80 bits per heavy atom. The van der Waals surface area contributed by atoms with Crippen molar-refractivity contribution in [3.05, 3.63) is 0 Å². The maximum absolute atomic E-state index is 10.2. The lowest BCUT2D eigenvalue weighted by Gasteiger charge is -2.27. The van der Waals surface area contributed by atoms with Gasteiger partial charge in [-0.05, 0) is 27.7 Å².